The normalized spacial score (nSPS) is 17.9. The van der Waals surface area contributed by atoms with Gasteiger partial charge in [0.15, 0.2) is 9.84 Å². The lowest BCUT2D eigenvalue weighted by molar-refractivity contribution is 0.223. The van der Waals surface area contributed by atoms with Crippen molar-refractivity contribution in [1.82, 2.24) is 4.90 Å². The van der Waals surface area contributed by atoms with E-state index in [1.54, 1.807) is 18.3 Å². The summed E-state index contributed by atoms with van der Waals surface area (Å²) in [5, 5.41) is 9.48. The first-order valence-corrected chi connectivity index (χ1v) is 12.2. The Bertz CT molecular complexity index is 863. The standard InChI is InChI=1S/C20H30N4O3S.C2H6/c1-6-21-20(22-7-2)24-11-10-23(13-18(24)15(3)4)17-9-8-16(14-25)19(12-17)28(5,26)27;1-2/h6-9,12,15,18,25H,1,10-11,13-14H2,2-5H3;1-2H3/b21-20?,22-7-;. The molecule has 1 atom stereocenters. The molecule has 0 aliphatic carbocycles. The molecule has 0 radical (unpaired) electrons. The second-order valence-corrected chi connectivity index (χ2v) is 9.16. The third kappa shape index (κ3) is 6.40. The predicted octanol–water partition coefficient (Wildman–Crippen LogP) is 3.35. The van der Waals surface area contributed by atoms with E-state index in [-0.39, 0.29) is 17.5 Å². The molecule has 0 spiro atoms. The molecule has 0 amide bonds. The van der Waals surface area contributed by atoms with Crippen molar-refractivity contribution in [3.05, 3.63) is 36.5 Å². The van der Waals surface area contributed by atoms with Crippen molar-refractivity contribution in [2.45, 2.75) is 52.2 Å². The maximum atomic E-state index is 12.1. The van der Waals surface area contributed by atoms with E-state index in [2.05, 4.69) is 40.2 Å². The highest BCUT2D eigenvalue weighted by atomic mass is 32.2. The molecule has 0 bridgehead atoms. The number of benzene rings is 1. The Morgan fingerprint density at radius 3 is 2.50 bits per heavy atom. The minimum atomic E-state index is -3.42. The van der Waals surface area contributed by atoms with Gasteiger partial charge in [0, 0.05) is 44.0 Å². The number of hydrogen-bond donors (Lipinski definition) is 1. The van der Waals surface area contributed by atoms with E-state index >= 15 is 0 Å². The van der Waals surface area contributed by atoms with Crippen LogP contribution in [0, 0.1) is 5.92 Å². The lowest BCUT2D eigenvalue weighted by Crippen LogP contribution is -2.57. The van der Waals surface area contributed by atoms with Gasteiger partial charge in [-0.15, -0.1) is 0 Å². The zero-order chi connectivity index (χ0) is 22.9. The molecule has 2 rings (SSSR count). The topological polar surface area (TPSA) is 85.6 Å². The van der Waals surface area contributed by atoms with Crippen LogP contribution in [0.1, 0.15) is 40.2 Å². The maximum Gasteiger partial charge on any atom is 0.225 e. The molecular weight excluding hydrogens is 400 g/mol. The molecule has 1 aromatic rings. The summed E-state index contributed by atoms with van der Waals surface area (Å²) < 4.78 is 24.3. The monoisotopic (exact) mass is 436 g/mol. The molecule has 8 heteroatoms. The van der Waals surface area contributed by atoms with E-state index in [1.807, 2.05) is 26.8 Å². The quantitative estimate of drug-likeness (QED) is 0.565. The van der Waals surface area contributed by atoms with Crippen LogP contribution >= 0.6 is 0 Å². The van der Waals surface area contributed by atoms with Crippen LogP contribution in [0.15, 0.2) is 45.9 Å². The highest BCUT2D eigenvalue weighted by Gasteiger charge is 2.31. The van der Waals surface area contributed by atoms with Gasteiger partial charge in [-0.2, -0.15) is 0 Å². The summed E-state index contributed by atoms with van der Waals surface area (Å²) >= 11 is 0. The Morgan fingerprint density at radius 2 is 2.00 bits per heavy atom. The van der Waals surface area contributed by atoms with Crippen LogP contribution in [0.4, 0.5) is 5.69 Å². The Balaban J connectivity index is 0.00000218. The van der Waals surface area contributed by atoms with E-state index < -0.39 is 9.84 Å². The molecule has 1 aliphatic rings. The zero-order valence-corrected chi connectivity index (χ0v) is 19.9. The predicted molar refractivity (Wildman–Crippen MR) is 126 cm³/mol. The minimum Gasteiger partial charge on any atom is -0.392 e. The molecule has 1 aromatic carbocycles. The van der Waals surface area contributed by atoms with Gasteiger partial charge in [-0.1, -0.05) is 40.3 Å². The van der Waals surface area contributed by atoms with Gasteiger partial charge >= 0.3 is 0 Å². The average molecular weight is 437 g/mol. The number of aliphatic imine (C=N–C) groups is 2. The van der Waals surface area contributed by atoms with E-state index in [9.17, 15) is 13.5 Å². The number of guanidine groups is 1. The lowest BCUT2D eigenvalue weighted by atomic mass is 9.99. The summed E-state index contributed by atoms with van der Waals surface area (Å²) in [7, 11) is -3.42. The number of anilines is 1. The summed E-state index contributed by atoms with van der Waals surface area (Å²) in [6.07, 6.45) is 4.39. The van der Waals surface area contributed by atoms with Gasteiger partial charge in [0.05, 0.1) is 17.5 Å². The van der Waals surface area contributed by atoms with Crippen molar-refractivity contribution in [1.29, 1.82) is 0 Å². The summed E-state index contributed by atoms with van der Waals surface area (Å²) in [6, 6.07) is 5.39. The lowest BCUT2D eigenvalue weighted by Gasteiger charge is -2.44. The molecule has 1 fully saturated rings. The van der Waals surface area contributed by atoms with E-state index in [4.69, 9.17) is 0 Å². The summed E-state index contributed by atoms with van der Waals surface area (Å²) in [6.45, 7) is 15.7. The van der Waals surface area contributed by atoms with Crippen LogP contribution in [0.2, 0.25) is 0 Å². The van der Waals surface area contributed by atoms with Gasteiger partial charge in [0.1, 0.15) is 0 Å². The fraction of sp³-hybridized carbons (Fsp3) is 0.545. The van der Waals surface area contributed by atoms with Crippen LogP contribution < -0.4 is 4.90 Å². The molecular formula is C22H36N4O3S. The van der Waals surface area contributed by atoms with Crippen molar-refractivity contribution in [2.24, 2.45) is 15.9 Å². The molecule has 0 saturated carbocycles. The highest BCUT2D eigenvalue weighted by Crippen LogP contribution is 2.27. The van der Waals surface area contributed by atoms with E-state index in [0.29, 0.717) is 30.5 Å². The SMILES string of the molecule is C=CN=C(/N=C\C)N1CCN(c2ccc(CO)c(S(C)(=O)=O)c2)CC1C(C)C.CC. The number of piperazine rings is 1. The first-order valence-electron chi connectivity index (χ1n) is 10.4. The number of nitrogens with zero attached hydrogens (tertiary/aromatic N) is 4. The number of aliphatic hydroxyl groups is 1. The van der Waals surface area contributed by atoms with Gasteiger partial charge in [0.25, 0.3) is 0 Å². The van der Waals surface area contributed by atoms with Crippen LogP contribution in [-0.2, 0) is 16.4 Å². The zero-order valence-electron chi connectivity index (χ0n) is 19.0. The molecule has 168 valence electrons. The van der Waals surface area contributed by atoms with Crippen molar-refractivity contribution in [3.8, 4) is 0 Å². The van der Waals surface area contributed by atoms with E-state index in [0.717, 1.165) is 12.2 Å². The minimum absolute atomic E-state index is 0.162. The summed E-state index contributed by atoms with van der Waals surface area (Å²) in [4.78, 5) is 13.3. The molecule has 1 N–H and O–H groups in total. The maximum absolute atomic E-state index is 12.1. The first kappa shape index (κ1) is 25.8. The Labute approximate surface area is 181 Å². The molecule has 1 heterocycles. The fourth-order valence-electron chi connectivity index (χ4n) is 3.46. The number of rotatable bonds is 5. The van der Waals surface area contributed by atoms with Crippen LogP contribution in [0.3, 0.4) is 0 Å². The fourth-order valence-corrected chi connectivity index (χ4v) is 4.40. The summed E-state index contributed by atoms with van der Waals surface area (Å²) in [5.74, 6) is 0.985. The second kappa shape index (κ2) is 11.9. The highest BCUT2D eigenvalue weighted by molar-refractivity contribution is 7.90. The Morgan fingerprint density at radius 1 is 1.33 bits per heavy atom. The van der Waals surface area contributed by atoms with Crippen LogP contribution in [0.25, 0.3) is 0 Å². The Hall–Kier alpha value is -2.19. The number of aliphatic hydroxyl groups excluding tert-OH is 1. The summed E-state index contributed by atoms with van der Waals surface area (Å²) in [5.41, 5.74) is 1.26. The van der Waals surface area contributed by atoms with E-state index in [1.165, 1.54) is 12.5 Å². The van der Waals surface area contributed by atoms with Crippen molar-refractivity contribution >= 4 is 27.7 Å². The van der Waals surface area contributed by atoms with Gasteiger partial charge in [0.2, 0.25) is 5.96 Å². The number of sulfone groups is 1. The second-order valence-electron chi connectivity index (χ2n) is 7.17. The smallest absolute Gasteiger partial charge is 0.225 e. The van der Waals surface area contributed by atoms with Crippen LogP contribution in [-0.4, -0.2) is 62.5 Å². The largest absolute Gasteiger partial charge is 0.392 e. The molecule has 7 nitrogen and oxygen atoms in total. The number of hydrogen-bond acceptors (Lipinski definition) is 5. The van der Waals surface area contributed by atoms with Gasteiger partial charge in [-0.3, -0.25) is 0 Å². The first-order chi connectivity index (χ1) is 14.2. The average Bonchev–Trinajstić information content (AvgIpc) is 2.73. The van der Waals surface area contributed by atoms with Gasteiger partial charge in [-0.25, -0.2) is 18.4 Å². The van der Waals surface area contributed by atoms with Gasteiger partial charge < -0.3 is 14.9 Å². The molecule has 1 unspecified atom stereocenters. The Kier molecular flexibility index (Phi) is 10.2. The van der Waals surface area contributed by atoms with Crippen LogP contribution in [0.5, 0.6) is 0 Å². The van der Waals surface area contributed by atoms with Gasteiger partial charge in [-0.05, 0) is 30.5 Å². The molecule has 0 aromatic heterocycles. The van der Waals surface area contributed by atoms with Crippen molar-refractivity contribution in [2.75, 3.05) is 30.8 Å². The van der Waals surface area contributed by atoms with Crippen molar-refractivity contribution in [3.63, 3.8) is 0 Å². The molecule has 1 aliphatic heterocycles. The third-order valence-electron chi connectivity index (χ3n) is 4.88. The molecule has 30 heavy (non-hydrogen) atoms. The molecule has 1 saturated heterocycles. The van der Waals surface area contributed by atoms with Crippen molar-refractivity contribution < 1.29 is 13.5 Å². The third-order valence-corrected chi connectivity index (χ3v) is 6.06.